The number of amides is 1. The van der Waals surface area contributed by atoms with Gasteiger partial charge in [0.15, 0.2) is 0 Å². The molecule has 0 aliphatic rings. The van der Waals surface area contributed by atoms with E-state index in [-0.39, 0.29) is 18.9 Å². The molecule has 0 spiro atoms. The third-order valence-corrected chi connectivity index (χ3v) is 3.49. The Bertz CT molecular complexity index is 506. The molecule has 1 aromatic carbocycles. The summed E-state index contributed by atoms with van der Waals surface area (Å²) in [4.78, 5) is 23.5. The molecule has 1 atom stereocenters. The Labute approximate surface area is 129 Å². The molecule has 5 nitrogen and oxygen atoms in total. The summed E-state index contributed by atoms with van der Waals surface area (Å²) in [5.41, 5.74) is -1.02. The minimum absolute atomic E-state index is 0.123. The number of benzene rings is 1. The number of para-hydroxylation sites is 1. The first-order chi connectivity index (χ1) is 9.92. The molecular formula is C15H20ClNO4. The molecular weight excluding hydrogens is 294 g/mol. The summed E-state index contributed by atoms with van der Waals surface area (Å²) in [6, 6.07) is 7.03. The van der Waals surface area contributed by atoms with Crippen molar-refractivity contribution in [2.45, 2.75) is 32.2 Å². The minimum atomic E-state index is -1.02. The lowest BCUT2D eigenvalue weighted by molar-refractivity contribution is -0.150. The Morgan fingerprint density at radius 2 is 2.00 bits per heavy atom. The summed E-state index contributed by atoms with van der Waals surface area (Å²) in [6.07, 6.45) is 0.564. The van der Waals surface area contributed by atoms with Gasteiger partial charge in [-0.15, -0.1) is 0 Å². The summed E-state index contributed by atoms with van der Waals surface area (Å²) in [5, 5.41) is 3.16. The van der Waals surface area contributed by atoms with Gasteiger partial charge in [-0.25, -0.2) is 4.79 Å². The quantitative estimate of drug-likeness (QED) is 0.786. The van der Waals surface area contributed by atoms with Crippen LogP contribution >= 0.6 is 11.6 Å². The fourth-order valence-corrected chi connectivity index (χ4v) is 1.88. The summed E-state index contributed by atoms with van der Waals surface area (Å²) in [5.74, 6) is -0.222. The number of ether oxygens (including phenoxy) is 2. The molecule has 116 valence electrons. The van der Waals surface area contributed by atoms with Gasteiger partial charge in [-0.2, -0.15) is 0 Å². The van der Waals surface area contributed by atoms with Crippen molar-refractivity contribution in [2.75, 3.05) is 13.7 Å². The van der Waals surface area contributed by atoms with Gasteiger partial charge in [-0.1, -0.05) is 30.7 Å². The van der Waals surface area contributed by atoms with Crippen LogP contribution in [0.15, 0.2) is 24.3 Å². The Kier molecular flexibility index (Phi) is 6.49. The van der Waals surface area contributed by atoms with E-state index in [0.717, 1.165) is 0 Å². The van der Waals surface area contributed by atoms with Crippen LogP contribution in [0.2, 0.25) is 5.02 Å². The second-order valence-electron chi connectivity index (χ2n) is 4.75. The van der Waals surface area contributed by atoms with Crippen molar-refractivity contribution < 1.29 is 19.1 Å². The molecule has 0 aliphatic heterocycles. The number of halogens is 1. The van der Waals surface area contributed by atoms with E-state index >= 15 is 0 Å². The Morgan fingerprint density at radius 1 is 1.33 bits per heavy atom. The Balaban J connectivity index is 2.47. The Hall–Kier alpha value is -1.75. The summed E-state index contributed by atoms with van der Waals surface area (Å²) in [7, 11) is 1.29. The fraction of sp³-hybridized carbons (Fsp3) is 0.467. The highest BCUT2D eigenvalue weighted by molar-refractivity contribution is 6.32. The van der Waals surface area contributed by atoms with Crippen LogP contribution in [-0.4, -0.2) is 31.1 Å². The minimum Gasteiger partial charge on any atom is -0.491 e. The molecule has 0 bridgehead atoms. The van der Waals surface area contributed by atoms with E-state index in [0.29, 0.717) is 17.2 Å². The molecule has 1 N–H and O–H groups in total. The zero-order valence-electron chi connectivity index (χ0n) is 12.4. The van der Waals surface area contributed by atoms with Crippen molar-refractivity contribution in [1.29, 1.82) is 0 Å². The molecule has 1 aromatic rings. The summed E-state index contributed by atoms with van der Waals surface area (Å²) in [6.45, 7) is 3.61. The molecule has 1 amide bonds. The van der Waals surface area contributed by atoms with E-state index in [9.17, 15) is 9.59 Å². The van der Waals surface area contributed by atoms with Gasteiger partial charge in [0, 0.05) is 0 Å². The number of nitrogens with one attached hydrogen (secondary N) is 1. The number of hydrogen-bond acceptors (Lipinski definition) is 4. The van der Waals surface area contributed by atoms with Crippen molar-refractivity contribution in [1.82, 2.24) is 5.32 Å². The molecule has 0 aromatic heterocycles. The highest BCUT2D eigenvalue weighted by Gasteiger charge is 2.33. The second kappa shape index (κ2) is 7.88. The van der Waals surface area contributed by atoms with E-state index in [1.807, 2.05) is 0 Å². The van der Waals surface area contributed by atoms with Gasteiger partial charge in [0.1, 0.15) is 11.3 Å². The first-order valence-electron chi connectivity index (χ1n) is 6.69. The highest BCUT2D eigenvalue weighted by Crippen LogP contribution is 2.23. The molecule has 1 unspecified atom stereocenters. The van der Waals surface area contributed by atoms with Crippen LogP contribution in [0.25, 0.3) is 0 Å². The van der Waals surface area contributed by atoms with Crippen LogP contribution in [0.4, 0.5) is 0 Å². The number of carbonyl (C=O) groups is 2. The number of methoxy groups -OCH3 is 1. The number of hydrogen-bond donors (Lipinski definition) is 1. The van der Waals surface area contributed by atoms with Crippen molar-refractivity contribution >= 4 is 23.5 Å². The summed E-state index contributed by atoms with van der Waals surface area (Å²) >= 11 is 5.94. The number of carbonyl (C=O) groups excluding carboxylic acids is 2. The van der Waals surface area contributed by atoms with Gasteiger partial charge < -0.3 is 14.8 Å². The average molecular weight is 314 g/mol. The predicted molar refractivity (Wildman–Crippen MR) is 80.4 cm³/mol. The number of rotatable bonds is 7. The van der Waals surface area contributed by atoms with E-state index in [1.165, 1.54) is 7.11 Å². The molecule has 0 saturated heterocycles. The van der Waals surface area contributed by atoms with Gasteiger partial charge >= 0.3 is 5.97 Å². The first kappa shape index (κ1) is 17.3. The van der Waals surface area contributed by atoms with Crippen molar-refractivity contribution in [3.8, 4) is 5.75 Å². The number of esters is 1. The SMILES string of the molecule is CCC(C)(NC(=O)CCOc1ccccc1Cl)C(=O)OC. The first-order valence-corrected chi connectivity index (χ1v) is 7.07. The maximum Gasteiger partial charge on any atom is 0.331 e. The lowest BCUT2D eigenvalue weighted by Gasteiger charge is -2.26. The molecule has 0 aliphatic carbocycles. The third kappa shape index (κ3) is 4.93. The zero-order chi connectivity index (χ0) is 15.9. The molecule has 0 radical (unpaired) electrons. The third-order valence-electron chi connectivity index (χ3n) is 3.18. The molecule has 6 heteroatoms. The maximum atomic E-state index is 11.9. The van der Waals surface area contributed by atoms with Crippen LogP contribution in [0, 0.1) is 0 Å². The zero-order valence-corrected chi connectivity index (χ0v) is 13.2. The van der Waals surface area contributed by atoms with Crippen LogP contribution < -0.4 is 10.1 Å². The predicted octanol–water partition coefficient (Wildman–Crippen LogP) is 2.57. The van der Waals surface area contributed by atoms with E-state index in [2.05, 4.69) is 5.32 Å². The van der Waals surface area contributed by atoms with Crippen molar-refractivity contribution in [2.24, 2.45) is 0 Å². The lowest BCUT2D eigenvalue weighted by Crippen LogP contribution is -2.52. The van der Waals surface area contributed by atoms with E-state index in [1.54, 1.807) is 38.1 Å². The fourth-order valence-electron chi connectivity index (χ4n) is 1.69. The van der Waals surface area contributed by atoms with Crippen molar-refractivity contribution in [3.63, 3.8) is 0 Å². The van der Waals surface area contributed by atoms with Crippen LogP contribution in [0.3, 0.4) is 0 Å². The van der Waals surface area contributed by atoms with Crippen LogP contribution in [-0.2, 0) is 14.3 Å². The van der Waals surface area contributed by atoms with Gasteiger partial charge in [0.25, 0.3) is 0 Å². The molecule has 0 heterocycles. The smallest absolute Gasteiger partial charge is 0.331 e. The molecule has 0 fully saturated rings. The normalized spacial score (nSPS) is 13.1. The Morgan fingerprint density at radius 3 is 2.57 bits per heavy atom. The van der Waals surface area contributed by atoms with Crippen LogP contribution in [0.5, 0.6) is 5.75 Å². The standard InChI is InChI=1S/C15H20ClNO4/c1-4-15(2,14(19)20-3)17-13(18)9-10-21-12-8-6-5-7-11(12)16/h5-8H,4,9-10H2,1-3H3,(H,17,18). The molecule has 0 saturated carbocycles. The average Bonchev–Trinajstić information content (AvgIpc) is 2.48. The molecule has 21 heavy (non-hydrogen) atoms. The largest absolute Gasteiger partial charge is 0.491 e. The van der Waals surface area contributed by atoms with Gasteiger partial charge in [-0.05, 0) is 25.5 Å². The summed E-state index contributed by atoms with van der Waals surface area (Å²) < 4.78 is 10.1. The lowest BCUT2D eigenvalue weighted by atomic mass is 9.99. The highest BCUT2D eigenvalue weighted by atomic mass is 35.5. The van der Waals surface area contributed by atoms with Gasteiger partial charge in [0.05, 0.1) is 25.2 Å². The molecule has 1 rings (SSSR count). The van der Waals surface area contributed by atoms with E-state index < -0.39 is 11.5 Å². The second-order valence-corrected chi connectivity index (χ2v) is 5.16. The van der Waals surface area contributed by atoms with Gasteiger partial charge in [0.2, 0.25) is 5.91 Å². The van der Waals surface area contributed by atoms with Crippen LogP contribution in [0.1, 0.15) is 26.7 Å². The monoisotopic (exact) mass is 313 g/mol. The maximum absolute atomic E-state index is 11.9. The van der Waals surface area contributed by atoms with E-state index in [4.69, 9.17) is 21.1 Å². The van der Waals surface area contributed by atoms with Gasteiger partial charge in [-0.3, -0.25) is 4.79 Å². The topological polar surface area (TPSA) is 64.6 Å². The van der Waals surface area contributed by atoms with Crippen molar-refractivity contribution in [3.05, 3.63) is 29.3 Å².